The number of alkyl carbamates (subject to hydrolysis) is 1. The summed E-state index contributed by atoms with van der Waals surface area (Å²) in [6, 6.07) is -0.143. The van der Waals surface area contributed by atoms with Crippen LogP contribution in [0.25, 0.3) is 0 Å². The van der Waals surface area contributed by atoms with E-state index in [1.54, 1.807) is 0 Å². The molecule has 0 aromatic rings. The van der Waals surface area contributed by atoms with Crippen molar-refractivity contribution < 1.29 is 19.1 Å². The van der Waals surface area contributed by atoms with E-state index in [-0.39, 0.29) is 18.1 Å². The van der Waals surface area contributed by atoms with Gasteiger partial charge in [-0.2, -0.15) is 0 Å². The second-order valence-corrected chi connectivity index (χ2v) is 7.97. The highest BCUT2D eigenvalue weighted by Crippen LogP contribution is 2.15. The van der Waals surface area contributed by atoms with Crippen molar-refractivity contribution in [1.29, 1.82) is 0 Å². The maximum atomic E-state index is 12.1. The molecular formula is C18H34N2O4. The van der Waals surface area contributed by atoms with E-state index in [1.165, 1.54) is 0 Å². The third kappa shape index (κ3) is 9.75. The molecule has 1 fully saturated rings. The van der Waals surface area contributed by atoms with Crippen molar-refractivity contribution in [3.8, 4) is 0 Å². The van der Waals surface area contributed by atoms with Gasteiger partial charge in [-0.15, -0.1) is 0 Å². The summed E-state index contributed by atoms with van der Waals surface area (Å²) < 4.78 is 10.9. The average molecular weight is 342 g/mol. The van der Waals surface area contributed by atoms with Crippen LogP contribution in [0, 0.1) is 5.92 Å². The zero-order chi connectivity index (χ0) is 18.2. The Morgan fingerprint density at radius 1 is 1.25 bits per heavy atom. The highest BCUT2D eigenvalue weighted by Gasteiger charge is 2.22. The third-order valence-corrected chi connectivity index (χ3v) is 3.71. The van der Waals surface area contributed by atoms with Crippen molar-refractivity contribution in [2.45, 2.75) is 84.5 Å². The summed E-state index contributed by atoms with van der Waals surface area (Å²) in [6.45, 7) is 10.8. The van der Waals surface area contributed by atoms with Crippen LogP contribution in [0.5, 0.6) is 0 Å². The molecular weight excluding hydrogens is 308 g/mol. The summed E-state index contributed by atoms with van der Waals surface area (Å²) in [7, 11) is 0. The van der Waals surface area contributed by atoms with Crippen molar-refractivity contribution in [2.75, 3.05) is 13.2 Å². The Morgan fingerprint density at radius 2 is 1.96 bits per heavy atom. The Hall–Kier alpha value is -1.30. The Morgan fingerprint density at radius 3 is 2.50 bits per heavy atom. The van der Waals surface area contributed by atoms with Crippen LogP contribution in [0.4, 0.5) is 4.79 Å². The van der Waals surface area contributed by atoms with E-state index in [2.05, 4.69) is 24.5 Å². The van der Waals surface area contributed by atoms with E-state index >= 15 is 0 Å². The van der Waals surface area contributed by atoms with Crippen LogP contribution in [0.15, 0.2) is 0 Å². The molecule has 0 aliphatic carbocycles. The quantitative estimate of drug-likeness (QED) is 0.746. The van der Waals surface area contributed by atoms with Gasteiger partial charge in [-0.3, -0.25) is 4.79 Å². The molecule has 2 N–H and O–H groups in total. The van der Waals surface area contributed by atoms with E-state index < -0.39 is 11.7 Å². The predicted molar refractivity (Wildman–Crippen MR) is 93.8 cm³/mol. The topological polar surface area (TPSA) is 76.7 Å². The zero-order valence-electron chi connectivity index (χ0n) is 15.8. The molecule has 6 heteroatoms. The lowest BCUT2D eigenvalue weighted by atomic mass is 10.0. The lowest BCUT2D eigenvalue weighted by Crippen LogP contribution is -2.46. The first kappa shape index (κ1) is 20.7. The molecule has 0 bridgehead atoms. The first-order chi connectivity index (χ1) is 11.2. The lowest BCUT2D eigenvalue weighted by Gasteiger charge is -2.25. The minimum atomic E-state index is -0.534. The molecule has 2 amide bonds. The summed E-state index contributed by atoms with van der Waals surface area (Å²) >= 11 is 0. The molecule has 1 rings (SSSR count). The minimum absolute atomic E-state index is 0.0263. The van der Waals surface area contributed by atoms with Crippen LogP contribution < -0.4 is 10.6 Å². The molecule has 0 aromatic carbocycles. The van der Waals surface area contributed by atoms with Crippen LogP contribution in [-0.2, 0) is 14.3 Å². The van der Waals surface area contributed by atoms with Gasteiger partial charge in [-0.05, 0) is 52.4 Å². The minimum Gasteiger partial charge on any atom is -0.444 e. The van der Waals surface area contributed by atoms with Gasteiger partial charge in [0.05, 0.1) is 12.5 Å². The van der Waals surface area contributed by atoms with Gasteiger partial charge in [-0.1, -0.05) is 13.8 Å². The predicted octanol–water partition coefficient (Wildman–Crippen LogP) is 3.00. The average Bonchev–Trinajstić information content (AvgIpc) is 2.43. The second-order valence-electron chi connectivity index (χ2n) is 7.97. The number of nitrogens with one attached hydrogen (secondary N) is 2. The normalized spacial score (nSPS) is 19.7. The fraction of sp³-hybridized carbons (Fsp3) is 0.889. The van der Waals surface area contributed by atoms with Gasteiger partial charge in [-0.25, -0.2) is 4.79 Å². The Labute approximate surface area is 146 Å². The number of hydrogen-bond donors (Lipinski definition) is 2. The molecule has 1 heterocycles. The number of amides is 2. The molecule has 2 unspecified atom stereocenters. The summed E-state index contributed by atoms with van der Waals surface area (Å²) in [5.41, 5.74) is -0.534. The summed E-state index contributed by atoms with van der Waals surface area (Å²) in [6.07, 6.45) is 3.89. The molecule has 6 nitrogen and oxygen atoms in total. The number of carbonyl (C=O) groups excluding carboxylic acids is 2. The van der Waals surface area contributed by atoms with Crippen molar-refractivity contribution in [3.63, 3.8) is 0 Å². The highest BCUT2D eigenvalue weighted by molar-refractivity contribution is 5.76. The largest absolute Gasteiger partial charge is 0.444 e. The van der Waals surface area contributed by atoms with Crippen molar-refractivity contribution >= 4 is 12.0 Å². The smallest absolute Gasteiger partial charge is 0.407 e. The molecule has 0 aromatic heterocycles. The van der Waals surface area contributed by atoms with Gasteiger partial charge in [0.1, 0.15) is 5.60 Å². The van der Waals surface area contributed by atoms with E-state index in [4.69, 9.17) is 9.47 Å². The SMILES string of the molecule is CC(C)CC(CNC(=O)CC1CCCCO1)NC(=O)OC(C)(C)C. The van der Waals surface area contributed by atoms with Crippen LogP contribution >= 0.6 is 0 Å². The third-order valence-electron chi connectivity index (χ3n) is 3.71. The Kier molecular flexibility index (Phi) is 8.53. The molecule has 2 atom stereocenters. The first-order valence-corrected chi connectivity index (χ1v) is 9.03. The second kappa shape index (κ2) is 9.87. The Balaban J connectivity index is 2.41. The van der Waals surface area contributed by atoms with E-state index in [9.17, 15) is 9.59 Å². The van der Waals surface area contributed by atoms with Crippen LogP contribution in [0.2, 0.25) is 0 Å². The van der Waals surface area contributed by atoms with Gasteiger partial charge >= 0.3 is 6.09 Å². The number of hydrogen-bond acceptors (Lipinski definition) is 4. The summed E-state index contributed by atoms with van der Waals surface area (Å²) in [5, 5.41) is 5.77. The highest BCUT2D eigenvalue weighted by atomic mass is 16.6. The molecule has 1 aliphatic rings. The number of rotatable bonds is 7. The monoisotopic (exact) mass is 342 g/mol. The van der Waals surface area contributed by atoms with Gasteiger partial charge in [0, 0.05) is 19.2 Å². The lowest BCUT2D eigenvalue weighted by molar-refractivity contribution is -0.125. The van der Waals surface area contributed by atoms with Gasteiger partial charge in [0.15, 0.2) is 0 Å². The Bertz CT molecular complexity index is 398. The maximum Gasteiger partial charge on any atom is 0.407 e. The van der Waals surface area contributed by atoms with E-state index in [0.29, 0.717) is 18.9 Å². The fourth-order valence-electron chi connectivity index (χ4n) is 2.72. The standard InChI is InChI=1S/C18H34N2O4/c1-13(2)10-14(20-17(22)24-18(3,4)5)12-19-16(21)11-15-8-6-7-9-23-15/h13-15H,6-12H2,1-5H3,(H,19,21)(H,20,22). The maximum absolute atomic E-state index is 12.1. The fourth-order valence-corrected chi connectivity index (χ4v) is 2.72. The van der Waals surface area contributed by atoms with Gasteiger partial charge in [0.2, 0.25) is 5.91 Å². The first-order valence-electron chi connectivity index (χ1n) is 9.03. The molecule has 0 spiro atoms. The zero-order valence-corrected chi connectivity index (χ0v) is 15.8. The molecule has 24 heavy (non-hydrogen) atoms. The van der Waals surface area contributed by atoms with Gasteiger partial charge < -0.3 is 20.1 Å². The van der Waals surface area contributed by atoms with Crippen molar-refractivity contribution in [3.05, 3.63) is 0 Å². The molecule has 1 saturated heterocycles. The summed E-state index contributed by atoms with van der Waals surface area (Å²) in [5.74, 6) is 0.380. The van der Waals surface area contributed by atoms with Crippen LogP contribution in [-0.4, -0.2) is 42.9 Å². The summed E-state index contributed by atoms with van der Waals surface area (Å²) in [4.78, 5) is 24.0. The number of ether oxygens (including phenoxy) is 2. The molecule has 1 aliphatic heterocycles. The van der Waals surface area contributed by atoms with E-state index in [0.717, 1.165) is 32.3 Å². The molecule has 0 saturated carbocycles. The van der Waals surface area contributed by atoms with Crippen molar-refractivity contribution in [1.82, 2.24) is 10.6 Å². The number of carbonyl (C=O) groups is 2. The van der Waals surface area contributed by atoms with Crippen molar-refractivity contribution in [2.24, 2.45) is 5.92 Å². The molecule has 0 radical (unpaired) electrons. The van der Waals surface area contributed by atoms with Gasteiger partial charge in [0.25, 0.3) is 0 Å². The van der Waals surface area contributed by atoms with Crippen LogP contribution in [0.3, 0.4) is 0 Å². The van der Waals surface area contributed by atoms with Crippen LogP contribution in [0.1, 0.15) is 66.7 Å². The molecule has 140 valence electrons. The van der Waals surface area contributed by atoms with E-state index in [1.807, 2.05) is 20.8 Å².